The van der Waals surface area contributed by atoms with Crippen LogP contribution in [-0.4, -0.2) is 5.75 Å². The highest BCUT2D eigenvalue weighted by atomic mass is 32.2. The summed E-state index contributed by atoms with van der Waals surface area (Å²) in [5, 5.41) is 2.14. The van der Waals surface area contributed by atoms with Crippen molar-refractivity contribution in [2.75, 3.05) is 5.75 Å². The summed E-state index contributed by atoms with van der Waals surface area (Å²) >= 11 is 1.80. The van der Waals surface area contributed by atoms with Crippen molar-refractivity contribution in [3.8, 4) is 0 Å². The lowest BCUT2D eigenvalue weighted by Crippen LogP contribution is -1.71. The van der Waals surface area contributed by atoms with E-state index in [2.05, 4.69) is 72.2 Å². The summed E-state index contributed by atoms with van der Waals surface area (Å²) < 4.78 is 0. The van der Waals surface area contributed by atoms with Gasteiger partial charge in [-0.15, -0.1) is 11.8 Å². The zero-order chi connectivity index (χ0) is 12.5. The van der Waals surface area contributed by atoms with Crippen molar-refractivity contribution in [2.24, 2.45) is 0 Å². The Morgan fingerprint density at radius 1 is 0.722 bits per heavy atom. The third-order valence-corrected chi connectivity index (χ3v) is 3.17. The van der Waals surface area contributed by atoms with Crippen LogP contribution in [0.2, 0.25) is 0 Å². The van der Waals surface area contributed by atoms with E-state index in [4.69, 9.17) is 0 Å². The van der Waals surface area contributed by atoms with E-state index in [-0.39, 0.29) is 0 Å². The number of thioether (sulfide) groups is 1. The lowest BCUT2D eigenvalue weighted by molar-refractivity contribution is 1.65. The Morgan fingerprint density at radius 2 is 1.28 bits per heavy atom. The minimum absolute atomic E-state index is 0.998. The Balaban J connectivity index is 1.73. The molecule has 0 amide bonds. The van der Waals surface area contributed by atoms with Crippen molar-refractivity contribution in [3.05, 3.63) is 83.3 Å². The molecule has 1 heteroatoms. The molecule has 2 aromatic carbocycles. The molecule has 0 fully saturated rings. The van der Waals surface area contributed by atoms with Gasteiger partial charge in [-0.3, -0.25) is 0 Å². The molecule has 0 unspecified atom stereocenters. The Morgan fingerprint density at radius 3 is 1.89 bits per heavy atom. The third-order valence-electron chi connectivity index (χ3n) is 2.46. The van der Waals surface area contributed by atoms with E-state index in [1.54, 1.807) is 11.8 Å². The monoisotopic (exact) mass is 252 g/mol. The van der Waals surface area contributed by atoms with Crippen LogP contribution in [0.1, 0.15) is 11.1 Å². The van der Waals surface area contributed by atoms with Crippen LogP contribution in [0, 0.1) is 0 Å². The molecular formula is C17H16S. The number of rotatable bonds is 5. The van der Waals surface area contributed by atoms with Crippen LogP contribution in [0.15, 0.2) is 72.1 Å². The SMILES string of the molecule is C(=C\c1ccccc1)/CS/C=C/c1ccccc1. The molecule has 0 aliphatic heterocycles. The van der Waals surface area contributed by atoms with Gasteiger partial charge in [-0.25, -0.2) is 0 Å². The fourth-order valence-electron chi connectivity index (χ4n) is 1.55. The normalized spacial score (nSPS) is 11.3. The number of hydrogen-bond donors (Lipinski definition) is 0. The summed E-state index contributed by atoms with van der Waals surface area (Å²) in [7, 11) is 0. The molecule has 0 heterocycles. The van der Waals surface area contributed by atoms with Gasteiger partial charge in [0.25, 0.3) is 0 Å². The Labute approximate surface area is 113 Å². The summed E-state index contributed by atoms with van der Waals surface area (Å²) in [5.74, 6) is 0.998. The van der Waals surface area contributed by atoms with Crippen LogP contribution < -0.4 is 0 Å². The van der Waals surface area contributed by atoms with Crippen molar-refractivity contribution in [3.63, 3.8) is 0 Å². The minimum atomic E-state index is 0.998. The quantitative estimate of drug-likeness (QED) is 0.667. The standard InChI is InChI=1S/C17H16S/c1-3-8-16(9-4-1)12-7-14-18-15-13-17-10-5-2-6-11-17/h1-13,15H,14H2/b12-7+,15-13+. The van der Waals surface area contributed by atoms with E-state index in [0.717, 1.165) is 5.75 Å². The lowest BCUT2D eigenvalue weighted by atomic mass is 10.2. The highest BCUT2D eigenvalue weighted by molar-refractivity contribution is 8.02. The average molecular weight is 252 g/mol. The summed E-state index contributed by atoms with van der Waals surface area (Å²) in [6.07, 6.45) is 6.49. The van der Waals surface area contributed by atoms with Crippen molar-refractivity contribution in [1.82, 2.24) is 0 Å². The molecule has 18 heavy (non-hydrogen) atoms. The maximum Gasteiger partial charge on any atom is 0.0158 e. The van der Waals surface area contributed by atoms with Gasteiger partial charge >= 0.3 is 0 Å². The number of hydrogen-bond acceptors (Lipinski definition) is 1. The van der Waals surface area contributed by atoms with E-state index in [1.807, 2.05) is 12.1 Å². The maximum absolute atomic E-state index is 2.19. The fourth-order valence-corrected chi connectivity index (χ4v) is 2.12. The molecule has 0 bridgehead atoms. The predicted molar refractivity (Wildman–Crippen MR) is 83.4 cm³/mol. The summed E-state index contributed by atoms with van der Waals surface area (Å²) in [6.45, 7) is 0. The molecule has 2 aromatic rings. The first-order valence-electron chi connectivity index (χ1n) is 6.00. The second-order valence-corrected chi connectivity index (χ2v) is 4.80. The van der Waals surface area contributed by atoms with E-state index >= 15 is 0 Å². The Hall–Kier alpha value is -1.73. The van der Waals surface area contributed by atoms with E-state index < -0.39 is 0 Å². The molecule has 0 nitrogen and oxygen atoms in total. The van der Waals surface area contributed by atoms with Gasteiger partial charge in [0.2, 0.25) is 0 Å². The van der Waals surface area contributed by atoms with E-state index in [1.165, 1.54) is 11.1 Å². The van der Waals surface area contributed by atoms with Gasteiger partial charge < -0.3 is 0 Å². The van der Waals surface area contributed by atoms with Gasteiger partial charge in [0.15, 0.2) is 0 Å². The molecule has 0 saturated carbocycles. The van der Waals surface area contributed by atoms with E-state index in [9.17, 15) is 0 Å². The van der Waals surface area contributed by atoms with Crippen molar-refractivity contribution in [1.29, 1.82) is 0 Å². The summed E-state index contributed by atoms with van der Waals surface area (Å²) in [6, 6.07) is 20.7. The van der Waals surface area contributed by atoms with E-state index in [0.29, 0.717) is 0 Å². The molecule has 0 aromatic heterocycles. The highest BCUT2D eigenvalue weighted by Crippen LogP contribution is 2.09. The largest absolute Gasteiger partial charge is 0.130 e. The molecule has 0 aliphatic rings. The molecule has 90 valence electrons. The van der Waals surface area contributed by atoms with Gasteiger partial charge in [-0.05, 0) is 22.6 Å². The molecule has 0 saturated heterocycles. The summed E-state index contributed by atoms with van der Waals surface area (Å²) in [4.78, 5) is 0. The highest BCUT2D eigenvalue weighted by Gasteiger charge is 1.84. The molecule has 2 rings (SSSR count). The van der Waals surface area contributed by atoms with Crippen LogP contribution in [0.5, 0.6) is 0 Å². The van der Waals surface area contributed by atoms with Gasteiger partial charge in [0.05, 0.1) is 0 Å². The van der Waals surface area contributed by atoms with Crippen LogP contribution in [0.25, 0.3) is 12.2 Å². The van der Waals surface area contributed by atoms with Crippen LogP contribution in [0.4, 0.5) is 0 Å². The Bertz CT molecular complexity index is 448. The van der Waals surface area contributed by atoms with Gasteiger partial charge in [-0.1, -0.05) is 72.8 Å². The van der Waals surface area contributed by atoms with Gasteiger partial charge in [0.1, 0.15) is 0 Å². The molecule has 0 spiro atoms. The molecular weight excluding hydrogens is 236 g/mol. The zero-order valence-electron chi connectivity index (χ0n) is 10.2. The van der Waals surface area contributed by atoms with Crippen molar-refractivity contribution in [2.45, 2.75) is 0 Å². The predicted octanol–water partition coefficient (Wildman–Crippen LogP) is 5.10. The first kappa shape index (κ1) is 12.7. The Kier molecular flexibility index (Phi) is 5.35. The minimum Gasteiger partial charge on any atom is -0.130 e. The molecule has 0 N–H and O–H groups in total. The van der Waals surface area contributed by atoms with Crippen molar-refractivity contribution >= 4 is 23.9 Å². The van der Waals surface area contributed by atoms with Crippen molar-refractivity contribution < 1.29 is 0 Å². The number of benzene rings is 2. The van der Waals surface area contributed by atoms with Crippen LogP contribution in [0.3, 0.4) is 0 Å². The first-order valence-corrected chi connectivity index (χ1v) is 7.05. The van der Waals surface area contributed by atoms with Crippen LogP contribution >= 0.6 is 11.8 Å². The second-order valence-electron chi connectivity index (χ2n) is 3.86. The molecule has 0 atom stereocenters. The third kappa shape index (κ3) is 4.64. The second kappa shape index (κ2) is 7.57. The van der Waals surface area contributed by atoms with Gasteiger partial charge in [-0.2, -0.15) is 0 Å². The fraction of sp³-hybridized carbons (Fsp3) is 0.0588. The average Bonchev–Trinajstić information content (AvgIpc) is 2.45. The molecule has 0 radical (unpaired) electrons. The zero-order valence-corrected chi connectivity index (χ0v) is 11.0. The summed E-state index contributed by atoms with van der Waals surface area (Å²) in [5.41, 5.74) is 2.50. The first-order chi connectivity index (χ1) is 8.95. The van der Waals surface area contributed by atoms with Gasteiger partial charge in [0, 0.05) is 5.75 Å². The van der Waals surface area contributed by atoms with Crippen LogP contribution in [-0.2, 0) is 0 Å². The smallest absolute Gasteiger partial charge is 0.0158 e. The maximum atomic E-state index is 2.19. The topological polar surface area (TPSA) is 0 Å². The molecule has 0 aliphatic carbocycles. The lowest BCUT2D eigenvalue weighted by Gasteiger charge is -1.92.